The highest BCUT2D eigenvalue weighted by molar-refractivity contribution is 6.05. The molecule has 3 rings (SSSR count). The van der Waals surface area contributed by atoms with Gasteiger partial charge in [-0.05, 0) is 42.8 Å². The molecule has 0 aliphatic heterocycles. The van der Waals surface area contributed by atoms with Gasteiger partial charge in [0, 0.05) is 30.6 Å². The number of hydrogen-bond acceptors (Lipinski definition) is 4. The van der Waals surface area contributed by atoms with E-state index in [1.807, 2.05) is 19.1 Å². The summed E-state index contributed by atoms with van der Waals surface area (Å²) in [5.41, 5.74) is 2.38. The van der Waals surface area contributed by atoms with Crippen LogP contribution in [0.4, 0.5) is 0 Å². The minimum absolute atomic E-state index is 0.0975. The minimum Gasteiger partial charge on any atom is -0.465 e. The largest absolute Gasteiger partial charge is 0.465 e. The number of benzene rings is 1. The smallest absolute Gasteiger partial charge is 0.268 e. The topological polar surface area (TPSA) is 84.2 Å². The molecule has 2 N–H and O–H groups in total. The summed E-state index contributed by atoms with van der Waals surface area (Å²) in [6, 6.07) is 14.2. The van der Waals surface area contributed by atoms with Crippen LogP contribution in [0, 0.1) is 6.92 Å². The zero-order valence-electron chi connectivity index (χ0n) is 14.8. The fraction of sp³-hybridized carbons (Fsp3) is 0.0952. The van der Waals surface area contributed by atoms with E-state index in [1.54, 1.807) is 48.8 Å². The Hall–Kier alpha value is -3.67. The molecule has 6 nitrogen and oxygen atoms in total. The molecule has 0 saturated carbocycles. The van der Waals surface area contributed by atoms with Gasteiger partial charge in [-0.1, -0.05) is 23.8 Å². The summed E-state index contributed by atoms with van der Waals surface area (Å²) in [5, 5.41) is 5.45. The molecular weight excluding hydrogens is 342 g/mol. The van der Waals surface area contributed by atoms with Crippen LogP contribution in [0.15, 0.2) is 77.3 Å². The van der Waals surface area contributed by atoms with Crippen molar-refractivity contribution in [1.29, 1.82) is 0 Å². The average molecular weight is 361 g/mol. The molecule has 0 aliphatic rings. The monoisotopic (exact) mass is 361 g/mol. The van der Waals surface area contributed by atoms with Crippen molar-refractivity contribution < 1.29 is 14.0 Å². The van der Waals surface area contributed by atoms with Crippen molar-refractivity contribution in [2.45, 2.75) is 13.5 Å². The molecule has 27 heavy (non-hydrogen) atoms. The fourth-order valence-corrected chi connectivity index (χ4v) is 2.44. The molecule has 3 aromatic rings. The van der Waals surface area contributed by atoms with E-state index < -0.39 is 5.91 Å². The van der Waals surface area contributed by atoms with Gasteiger partial charge in [0.1, 0.15) is 11.5 Å². The van der Waals surface area contributed by atoms with Gasteiger partial charge >= 0.3 is 0 Å². The van der Waals surface area contributed by atoms with Crippen LogP contribution in [0.1, 0.15) is 27.2 Å². The third-order valence-electron chi connectivity index (χ3n) is 3.78. The van der Waals surface area contributed by atoms with Crippen molar-refractivity contribution in [1.82, 2.24) is 15.6 Å². The van der Waals surface area contributed by atoms with E-state index in [2.05, 4.69) is 15.6 Å². The quantitative estimate of drug-likeness (QED) is 0.661. The van der Waals surface area contributed by atoms with E-state index >= 15 is 0 Å². The van der Waals surface area contributed by atoms with Gasteiger partial charge in [0.2, 0.25) is 0 Å². The van der Waals surface area contributed by atoms with Crippen LogP contribution in [0.2, 0.25) is 0 Å². The van der Waals surface area contributed by atoms with E-state index in [1.165, 1.54) is 12.3 Å². The van der Waals surface area contributed by atoms with Gasteiger partial charge < -0.3 is 15.1 Å². The predicted molar refractivity (Wildman–Crippen MR) is 101 cm³/mol. The summed E-state index contributed by atoms with van der Waals surface area (Å²) in [6.07, 6.45) is 6.32. The second kappa shape index (κ2) is 8.62. The van der Waals surface area contributed by atoms with E-state index in [4.69, 9.17) is 4.42 Å². The first-order valence-electron chi connectivity index (χ1n) is 8.42. The lowest BCUT2D eigenvalue weighted by atomic mass is 10.1. The van der Waals surface area contributed by atoms with Crippen molar-refractivity contribution in [3.63, 3.8) is 0 Å². The second-order valence-electron chi connectivity index (χ2n) is 5.94. The molecule has 0 saturated heterocycles. The van der Waals surface area contributed by atoms with Crippen molar-refractivity contribution in [3.8, 4) is 0 Å². The zero-order chi connectivity index (χ0) is 19.1. The first kappa shape index (κ1) is 18.1. The second-order valence-corrected chi connectivity index (χ2v) is 5.94. The SMILES string of the molecule is Cc1cccc(C(=O)N/C(=C\c2ccco2)C(=O)NCc2cccnc2)c1. The number of carbonyl (C=O) groups excluding carboxylic acids is 2. The number of nitrogens with one attached hydrogen (secondary N) is 2. The summed E-state index contributed by atoms with van der Waals surface area (Å²) in [7, 11) is 0. The maximum atomic E-state index is 12.6. The first-order valence-corrected chi connectivity index (χ1v) is 8.42. The highest BCUT2D eigenvalue weighted by atomic mass is 16.3. The van der Waals surface area contributed by atoms with E-state index in [9.17, 15) is 9.59 Å². The standard InChI is InChI=1S/C21H19N3O3/c1-15-5-2-7-17(11-15)20(25)24-19(12-18-8-4-10-27-18)21(26)23-14-16-6-3-9-22-13-16/h2-13H,14H2,1H3,(H,23,26)(H,24,25)/b19-12-. The van der Waals surface area contributed by atoms with Gasteiger partial charge in [-0.2, -0.15) is 0 Å². The van der Waals surface area contributed by atoms with Gasteiger partial charge in [0.15, 0.2) is 0 Å². The summed E-state index contributed by atoms with van der Waals surface area (Å²) >= 11 is 0. The van der Waals surface area contributed by atoms with Crippen molar-refractivity contribution in [2.75, 3.05) is 0 Å². The number of rotatable bonds is 6. The number of aryl methyl sites for hydroxylation is 1. The Labute approximate surface area is 156 Å². The van der Waals surface area contributed by atoms with Crippen LogP contribution in [0.25, 0.3) is 6.08 Å². The molecule has 2 amide bonds. The third-order valence-corrected chi connectivity index (χ3v) is 3.78. The van der Waals surface area contributed by atoms with Crippen LogP contribution in [0.3, 0.4) is 0 Å². The fourth-order valence-electron chi connectivity index (χ4n) is 2.44. The Bertz CT molecular complexity index is 948. The molecule has 0 unspecified atom stereocenters. The van der Waals surface area contributed by atoms with Crippen molar-refractivity contribution in [2.24, 2.45) is 0 Å². The molecular formula is C21H19N3O3. The summed E-state index contributed by atoms with van der Waals surface area (Å²) in [4.78, 5) is 29.2. The van der Waals surface area contributed by atoms with E-state index in [-0.39, 0.29) is 11.6 Å². The van der Waals surface area contributed by atoms with Crippen LogP contribution in [-0.2, 0) is 11.3 Å². The lowest BCUT2D eigenvalue weighted by Gasteiger charge is -2.11. The van der Waals surface area contributed by atoms with Gasteiger partial charge in [0.05, 0.1) is 6.26 Å². The van der Waals surface area contributed by atoms with Crippen molar-refractivity contribution >= 4 is 17.9 Å². The summed E-state index contributed by atoms with van der Waals surface area (Å²) in [6.45, 7) is 2.19. The Kier molecular flexibility index (Phi) is 5.79. The minimum atomic E-state index is -0.420. The van der Waals surface area contributed by atoms with Gasteiger partial charge in [-0.25, -0.2) is 0 Å². The summed E-state index contributed by atoms with van der Waals surface area (Å²) in [5.74, 6) is -0.324. The lowest BCUT2D eigenvalue weighted by Crippen LogP contribution is -2.34. The molecule has 0 spiro atoms. The van der Waals surface area contributed by atoms with Gasteiger partial charge in [0.25, 0.3) is 11.8 Å². The number of carbonyl (C=O) groups is 2. The third kappa shape index (κ3) is 5.15. The van der Waals surface area contributed by atoms with Crippen LogP contribution in [-0.4, -0.2) is 16.8 Å². The maximum absolute atomic E-state index is 12.6. The number of hydrogen-bond donors (Lipinski definition) is 2. The van der Waals surface area contributed by atoms with E-state index in [0.717, 1.165) is 11.1 Å². The van der Waals surface area contributed by atoms with Crippen molar-refractivity contribution in [3.05, 3.63) is 95.3 Å². The summed E-state index contributed by atoms with van der Waals surface area (Å²) < 4.78 is 5.27. The zero-order valence-corrected chi connectivity index (χ0v) is 14.8. The number of pyridine rings is 1. The molecule has 2 aromatic heterocycles. The number of furan rings is 1. The maximum Gasteiger partial charge on any atom is 0.268 e. The van der Waals surface area contributed by atoms with Crippen LogP contribution < -0.4 is 10.6 Å². The van der Waals surface area contributed by atoms with E-state index in [0.29, 0.717) is 17.9 Å². The Morgan fingerprint density at radius 2 is 2.04 bits per heavy atom. The Balaban J connectivity index is 1.76. The van der Waals surface area contributed by atoms with Crippen LogP contribution >= 0.6 is 0 Å². The molecule has 2 heterocycles. The Morgan fingerprint density at radius 1 is 1.15 bits per heavy atom. The lowest BCUT2D eigenvalue weighted by molar-refractivity contribution is -0.117. The molecule has 0 aliphatic carbocycles. The number of nitrogens with zero attached hydrogens (tertiary/aromatic N) is 1. The molecule has 0 bridgehead atoms. The normalized spacial score (nSPS) is 11.1. The molecule has 6 heteroatoms. The number of aromatic nitrogens is 1. The molecule has 0 fully saturated rings. The van der Waals surface area contributed by atoms with Gasteiger partial charge in [-0.3, -0.25) is 14.6 Å². The molecule has 136 valence electrons. The van der Waals surface area contributed by atoms with Gasteiger partial charge in [-0.15, -0.1) is 0 Å². The molecule has 0 radical (unpaired) electrons. The molecule has 0 atom stereocenters. The number of amides is 2. The average Bonchev–Trinajstić information content (AvgIpc) is 3.19. The first-order chi connectivity index (χ1) is 13.1. The molecule has 1 aromatic carbocycles. The highest BCUT2D eigenvalue weighted by Gasteiger charge is 2.15. The highest BCUT2D eigenvalue weighted by Crippen LogP contribution is 2.09. The Morgan fingerprint density at radius 3 is 2.74 bits per heavy atom. The predicted octanol–water partition coefficient (Wildman–Crippen LogP) is 3.07. The van der Waals surface area contributed by atoms with Crippen LogP contribution in [0.5, 0.6) is 0 Å².